The summed E-state index contributed by atoms with van der Waals surface area (Å²) in [6.07, 6.45) is 6.08. The normalized spacial score (nSPS) is 12.6. The number of anilines is 2. The Kier molecular flexibility index (Phi) is 13.0. The number of carbonyl (C=O) groups is 4. The van der Waals surface area contributed by atoms with Crippen molar-refractivity contribution in [2.75, 3.05) is 4.90 Å². The number of fused-ring (bicyclic) bond motifs is 2. The Bertz CT molecular complexity index is 1570. The molecule has 0 aliphatic carbocycles. The van der Waals surface area contributed by atoms with Gasteiger partial charge in [0.05, 0.1) is 11.4 Å². The predicted molar refractivity (Wildman–Crippen MR) is 185 cm³/mol. The van der Waals surface area contributed by atoms with E-state index in [1.54, 1.807) is 12.1 Å². The van der Waals surface area contributed by atoms with E-state index >= 15 is 0 Å². The third-order valence-corrected chi connectivity index (χ3v) is 8.65. The number of ketones is 2. The molecular weight excluding hydrogens is 614 g/mol. The van der Waals surface area contributed by atoms with Gasteiger partial charge < -0.3 is 14.6 Å². The number of nitrogens with zero attached hydrogens (tertiary/aromatic N) is 3. The smallest absolute Gasteiger partial charge is 0.331 e. The van der Waals surface area contributed by atoms with Crippen molar-refractivity contribution in [3.8, 4) is 0 Å². The van der Waals surface area contributed by atoms with Crippen LogP contribution in [0.25, 0.3) is 0 Å². The van der Waals surface area contributed by atoms with Crippen LogP contribution >= 0.6 is 11.8 Å². The number of unbranched alkanes of at least 4 members (excludes halogenated alkanes) is 4. The van der Waals surface area contributed by atoms with Gasteiger partial charge in [-0.05, 0) is 67.6 Å². The molecule has 0 N–H and O–H groups in total. The fraction of sp³-hybridized carbons (Fsp3) is 0.351. The summed E-state index contributed by atoms with van der Waals surface area (Å²) in [4.78, 5) is 63.9. The molecule has 1 heterocycles. The van der Waals surface area contributed by atoms with Gasteiger partial charge >= 0.3 is 11.9 Å². The van der Waals surface area contributed by atoms with E-state index in [2.05, 4.69) is 41.2 Å². The lowest BCUT2D eigenvalue weighted by atomic mass is 10.0. The SMILES string of the molecule is CCCCC/C(=N\OC(C)=O)C(=O)c1ccc2c(c1)Sc1cc(C(=O)/C(CCCCC)=N/OC(C)=O)ccc1N2Cc1ccccc1. The molecule has 47 heavy (non-hydrogen) atoms. The van der Waals surface area contributed by atoms with Crippen LogP contribution in [0.4, 0.5) is 11.4 Å². The third kappa shape index (κ3) is 9.71. The number of carbonyl (C=O) groups excluding carboxylic acids is 4. The zero-order chi connectivity index (χ0) is 33.8. The number of hydrogen-bond donors (Lipinski definition) is 0. The molecule has 1 aliphatic heterocycles. The zero-order valence-electron chi connectivity index (χ0n) is 27.4. The van der Waals surface area contributed by atoms with Gasteiger partial charge in [0, 0.05) is 41.3 Å². The fourth-order valence-corrected chi connectivity index (χ4v) is 6.34. The number of rotatable bonds is 16. The summed E-state index contributed by atoms with van der Waals surface area (Å²) < 4.78 is 0. The maximum Gasteiger partial charge on any atom is 0.331 e. The Morgan fingerprint density at radius 3 is 1.55 bits per heavy atom. The van der Waals surface area contributed by atoms with Crippen molar-refractivity contribution in [2.24, 2.45) is 10.3 Å². The molecule has 0 spiro atoms. The molecule has 0 aromatic heterocycles. The summed E-state index contributed by atoms with van der Waals surface area (Å²) in [5, 5.41) is 7.82. The minimum atomic E-state index is -0.586. The van der Waals surface area contributed by atoms with E-state index in [1.807, 2.05) is 42.5 Å². The predicted octanol–water partition coefficient (Wildman–Crippen LogP) is 8.85. The van der Waals surface area contributed by atoms with Crippen LogP contribution in [0.15, 0.2) is 86.8 Å². The van der Waals surface area contributed by atoms with Gasteiger partial charge in [0.25, 0.3) is 0 Å². The topological polar surface area (TPSA) is 115 Å². The van der Waals surface area contributed by atoms with Crippen molar-refractivity contribution >= 4 is 58.1 Å². The van der Waals surface area contributed by atoms with E-state index in [0.717, 1.165) is 65.3 Å². The Labute approximate surface area is 280 Å². The van der Waals surface area contributed by atoms with Crippen LogP contribution < -0.4 is 4.90 Å². The van der Waals surface area contributed by atoms with Crippen LogP contribution in [0, 0.1) is 0 Å². The number of benzene rings is 3. The van der Waals surface area contributed by atoms with Gasteiger partial charge in [-0.25, -0.2) is 9.59 Å². The zero-order valence-corrected chi connectivity index (χ0v) is 28.2. The quantitative estimate of drug-likeness (QED) is 0.0494. The number of Topliss-reactive ketones (excluding diaryl/α,β-unsaturated/α-hetero) is 2. The van der Waals surface area contributed by atoms with Gasteiger partial charge in [0.1, 0.15) is 11.4 Å². The molecule has 0 radical (unpaired) electrons. The highest BCUT2D eigenvalue weighted by Gasteiger charge is 2.27. The molecule has 0 fully saturated rings. The summed E-state index contributed by atoms with van der Waals surface area (Å²) in [5.41, 5.74) is 4.20. The summed E-state index contributed by atoms with van der Waals surface area (Å²) in [6.45, 7) is 7.21. The van der Waals surface area contributed by atoms with E-state index < -0.39 is 11.9 Å². The maximum atomic E-state index is 13.7. The molecule has 246 valence electrons. The molecule has 1 aliphatic rings. The molecule has 0 atom stereocenters. The number of hydrogen-bond acceptors (Lipinski definition) is 10. The monoisotopic (exact) mass is 655 g/mol. The highest BCUT2D eigenvalue weighted by Crippen LogP contribution is 2.49. The van der Waals surface area contributed by atoms with Crippen molar-refractivity contribution in [1.82, 2.24) is 0 Å². The molecule has 3 aromatic carbocycles. The summed E-state index contributed by atoms with van der Waals surface area (Å²) in [5.74, 6) is -1.77. The molecule has 0 bridgehead atoms. The average Bonchev–Trinajstić information content (AvgIpc) is 3.07. The first-order valence-corrected chi connectivity index (χ1v) is 16.9. The van der Waals surface area contributed by atoms with Crippen LogP contribution in [-0.2, 0) is 25.8 Å². The molecule has 10 heteroatoms. The first kappa shape index (κ1) is 35.3. The van der Waals surface area contributed by atoms with Gasteiger partial charge in [-0.2, -0.15) is 0 Å². The fourth-order valence-electron chi connectivity index (χ4n) is 5.16. The van der Waals surface area contributed by atoms with Crippen LogP contribution in [0.1, 0.15) is 105 Å². The second-order valence-corrected chi connectivity index (χ2v) is 12.4. The highest BCUT2D eigenvalue weighted by molar-refractivity contribution is 7.99. The lowest BCUT2D eigenvalue weighted by Gasteiger charge is -2.33. The van der Waals surface area contributed by atoms with E-state index in [-0.39, 0.29) is 23.0 Å². The Balaban J connectivity index is 1.73. The lowest BCUT2D eigenvalue weighted by molar-refractivity contribution is -0.141. The highest BCUT2D eigenvalue weighted by atomic mass is 32.2. The first-order valence-electron chi connectivity index (χ1n) is 16.1. The Hall–Kier alpha value is -4.57. The first-order chi connectivity index (χ1) is 22.7. The van der Waals surface area contributed by atoms with Crippen molar-refractivity contribution in [3.63, 3.8) is 0 Å². The van der Waals surface area contributed by atoms with Crippen LogP contribution in [0.5, 0.6) is 0 Å². The van der Waals surface area contributed by atoms with Gasteiger partial charge in [-0.1, -0.05) is 91.9 Å². The van der Waals surface area contributed by atoms with E-state index in [1.165, 1.54) is 25.6 Å². The van der Waals surface area contributed by atoms with Crippen LogP contribution in [0.2, 0.25) is 0 Å². The van der Waals surface area contributed by atoms with Gasteiger partial charge in [0.15, 0.2) is 0 Å². The van der Waals surface area contributed by atoms with Crippen molar-refractivity contribution in [3.05, 3.63) is 83.4 Å². The summed E-state index contributed by atoms with van der Waals surface area (Å²) >= 11 is 1.47. The maximum absolute atomic E-state index is 13.7. The van der Waals surface area contributed by atoms with Crippen LogP contribution in [0.3, 0.4) is 0 Å². The van der Waals surface area contributed by atoms with Crippen molar-refractivity contribution in [2.45, 2.75) is 95.4 Å². The van der Waals surface area contributed by atoms with Crippen molar-refractivity contribution in [1.29, 1.82) is 0 Å². The van der Waals surface area contributed by atoms with Gasteiger partial charge in [0.2, 0.25) is 11.6 Å². The molecule has 0 saturated heterocycles. The molecular formula is C37H41N3O6S. The van der Waals surface area contributed by atoms with Gasteiger partial charge in [-0.3, -0.25) is 9.59 Å². The lowest BCUT2D eigenvalue weighted by Crippen LogP contribution is -2.22. The standard InChI is InChI=1S/C37H41N3O6S/c1-5-7-10-16-30(38-45-25(3)41)36(43)28-18-20-32-34(22-28)47-35-23-29(37(44)31(17-11-8-6-2)39-46-26(4)42)19-21-33(35)40(32)24-27-14-12-9-13-15-27/h9,12-15,18-23H,5-8,10-11,16-17,24H2,1-4H3/b38-30+,39-31+. The Morgan fingerprint density at radius 1 is 0.660 bits per heavy atom. The average molecular weight is 656 g/mol. The molecule has 0 unspecified atom stereocenters. The second-order valence-electron chi connectivity index (χ2n) is 11.4. The summed E-state index contributed by atoms with van der Waals surface area (Å²) in [6, 6.07) is 21.1. The molecule has 9 nitrogen and oxygen atoms in total. The van der Waals surface area contributed by atoms with E-state index in [0.29, 0.717) is 30.5 Å². The molecule has 0 saturated carbocycles. The third-order valence-electron chi connectivity index (χ3n) is 7.56. The minimum absolute atomic E-state index is 0.200. The minimum Gasteiger partial charge on any atom is -0.335 e. The molecule has 3 aromatic rings. The largest absolute Gasteiger partial charge is 0.335 e. The van der Waals surface area contributed by atoms with Crippen LogP contribution in [-0.4, -0.2) is 34.9 Å². The van der Waals surface area contributed by atoms with Crippen molar-refractivity contribution < 1.29 is 28.9 Å². The molecule has 4 rings (SSSR count). The van der Waals surface area contributed by atoms with Gasteiger partial charge in [-0.15, -0.1) is 0 Å². The summed E-state index contributed by atoms with van der Waals surface area (Å²) in [7, 11) is 0. The second kappa shape index (κ2) is 17.4. The molecule has 0 amide bonds. The van der Waals surface area contributed by atoms with E-state index in [4.69, 9.17) is 9.68 Å². The number of oxime groups is 2. The Morgan fingerprint density at radius 2 is 1.13 bits per heavy atom. The van der Waals surface area contributed by atoms with E-state index in [9.17, 15) is 19.2 Å².